The normalized spacial score (nSPS) is 15.1. The van der Waals surface area contributed by atoms with Crippen molar-refractivity contribution in [3.63, 3.8) is 0 Å². The molecule has 0 spiro atoms. The summed E-state index contributed by atoms with van der Waals surface area (Å²) < 4.78 is 1.64. The average Bonchev–Trinajstić information content (AvgIpc) is 3.28. The van der Waals surface area contributed by atoms with Crippen LogP contribution in [0.1, 0.15) is 34.5 Å². The molecule has 0 saturated carbocycles. The van der Waals surface area contributed by atoms with Crippen LogP contribution in [0.3, 0.4) is 0 Å². The van der Waals surface area contributed by atoms with Crippen LogP contribution in [0.2, 0.25) is 5.02 Å². The Morgan fingerprint density at radius 3 is 2.58 bits per heavy atom. The Labute approximate surface area is 188 Å². The largest absolute Gasteiger partial charge is 0.350 e. The molecular formula is C24H28ClN5O. The summed E-state index contributed by atoms with van der Waals surface area (Å²) >= 11 is 6.20. The maximum absolute atomic E-state index is 12.5. The van der Waals surface area contributed by atoms with Gasteiger partial charge in [0.1, 0.15) is 0 Å². The zero-order valence-electron chi connectivity index (χ0n) is 17.6. The number of rotatable bonds is 8. The summed E-state index contributed by atoms with van der Waals surface area (Å²) in [6, 6.07) is 18.2. The predicted molar refractivity (Wildman–Crippen MR) is 122 cm³/mol. The number of carbonyl (C=O) groups is 1. The first-order valence-electron chi connectivity index (χ1n) is 10.9. The number of hydrogen-bond acceptors (Lipinski definition) is 4. The van der Waals surface area contributed by atoms with Crippen LogP contribution < -0.4 is 5.32 Å². The van der Waals surface area contributed by atoms with Gasteiger partial charge in [0.2, 0.25) is 0 Å². The van der Waals surface area contributed by atoms with E-state index in [1.807, 2.05) is 24.3 Å². The maximum atomic E-state index is 12.5. The number of halogens is 1. The summed E-state index contributed by atoms with van der Waals surface area (Å²) in [6.07, 6.45) is 4.97. The molecule has 162 valence electrons. The van der Waals surface area contributed by atoms with E-state index in [9.17, 15) is 4.79 Å². The highest BCUT2D eigenvalue weighted by atomic mass is 35.5. The fourth-order valence-electron chi connectivity index (χ4n) is 3.95. The maximum Gasteiger partial charge on any atom is 0.273 e. The third kappa shape index (κ3) is 6.15. The molecule has 2 aromatic carbocycles. The average molecular weight is 438 g/mol. The second-order valence-corrected chi connectivity index (χ2v) is 8.53. The van der Waals surface area contributed by atoms with E-state index in [4.69, 9.17) is 11.6 Å². The Hall–Kier alpha value is -2.70. The lowest BCUT2D eigenvalue weighted by atomic mass is 9.96. The van der Waals surface area contributed by atoms with E-state index < -0.39 is 0 Å². The molecule has 0 unspecified atom stereocenters. The van der Waals surface area contributed by atoms with Gasteiger partial charge in [0.15, 0.2) is 5.69 Å². The van der Waals surface area contributed by atoms with Gasteiger partial charge < -0.3 is 10.2 Å². The van der Waals surface area contributed by atoms with Crippen molar-refractivity contribution in [2.45, 2.75) is 25.8 Å². The lowest BCUT2D eigenvalue weighted by Gasteiger charge is -2.32. The number of aromatic nitrogens is 3. The minimum absolute atomic E-state index is 0.170. The van der Waals surface area contributed by atoms with Crippen molar-refractivity contribution < 1.29 is 4.79 Å². The van der Waals surface area contributed by atoms with Gasteiger partial charge in [-0.3, -0.25) is 4.79 Å². The van der Waals surface area contributed by atoms with Crippen molar-refractivity contribution in [2.24, 2.45) is 5.92 Å². The van der Waals surface area contributed by atoms with Crippen molar-refractivity contribution >= 4 is 17.5 Å². The van der Waals surface area contributed by atoms with Crippen molar-refractivity contribution in [3.05, 3.63) is 82.6 Å². The second kappa shape index (κ2) is 10.6. The molecule has 1 aliphatic heterocycles. The van der Waals surface area contributed by atoms with Crippen LogP contribution in [0.5, 0.6) is 0 Å². The van der Waals surface area contributed by atoms with Gasteiger partial charge in [-0.2, -0.15) is 0 Å². The van der Waals surface area contributed by atoms with E-state index >= 15 is 0 Å². The van der Waals surface area contributed by atoms with E-state index in [0.29, 0.717) is 29.7 Å². The van der Waals surface area contributed by atoms with Gasteiger partial charge in [0, 0.05) is 18.1 Å². The minimum atomic E-state index is -0.170. The van der Waals surface area contributed by atoms with E-state index in [0.717, 1.165) is 44.5 Å². The molecule has 1 saturated heterocycles. The van der Waals surface area contributed by atoms with Crippen LogP contribution in [0.15, 0.2) is 60.8 Å². The zero-order valence-corrected chi connectivity index (χ0v) is 18.3. The van der Waals surface area contributed by atoms with Gasteiger partial charge in [0.05, 0.1) is 12.7 Å². The van der Waals surface area contributed by atoms with Crippen LogP contribution >= 0.6 is 11.6 Å². The van der Waals surface area contributed by atoms with Gasteiger partial charge in [-0.05, 0) is 55.5 Å². The minimum Gasteiger partial charge on any atom is -0.350 e. The molecule has 1 aromatic heterocycles. The molecule has 6 nitrogen and oxygen atoms in total. The van der Waals surface area contributed by atoms with E-state index in [1.54, 1.807) is 10.9 Å². The molecule has 1 N–H and O–H groups in total. The quantitative estimate of drug-likeness (QED) is 0.584. The summed E-state index contributed by atoms with van der Waals surface area (Å²) in [7, 11) is 0. The summed E-state index contributed by atoms with van der Waals surface area (Å²) in [5.41, 5.74) is 2.67. The lowest BCUT2D eigenvalue weighted by molar-refractivity contribution is 0.0931. The topological polar surface area (TPSA) is 63.1 Å². The van der Waals surface area contributed by atoms with Crippen LogP contribution in [0, 0.1) is 5.92 Å². The van der Waals surface area contributed by atoms with E-state index in [-0.39, 0.29) is 5.91 Å². The molecule has 1 aliphatic rings. The summed E-state index contributed by atoms with van der Waals surface area (Å²) in [5, 5.41) is 11.8. The molecule has 2 heterocycles. The summed E-state index contributed by atoms with van der Waals surface area (Å²) in [5.74, 6) is 0.340. The zero-order chi connectivity index (χ0) is 21.5. The van der Waals surface area contributed by atoms with Gasteiger partial charge in [-0.15, -0.1) is 5.10 Å². The number of hydrogen-bond donors (Lipinski definition) is 1. The number of nitrogens with one attached hydrogen (secondary N) is 1. The van der Waals surface area contributed by atoms with Crippen molar-refractivity contribution in [1.82, 2.24) is 25.2 Å². The number of amides is 1. The Morgan fingerprint density at radius 1 is 1.06 bits per heavy atom. The van der Waals surface area contributed by atoms with E-state index in [2.05, 4.69) is 50.9 Å². The van der Waals surface area contributed by atoms with Gasteiger partial charge in [0.25, 0.3) is 5.91 Å². The van der Waals surface area contributed by atoms with Crippen molar-refractivity contribution in [2.75, 3.05) is 26.2 Å². The fraction of sp³-hybridized carbons (Fsp3) is 0.375. The SMILES string of the molecule is O=C(NCC1CCN(CCc2ccccc2)CC1)c1cn(Cc2ccccc2Cl)nn1. The second-order valence-electron chi connectivity index (χ2n) is 8.12. The molecule has 1 fully saturated rings. The first-order chi connectivity index (χ1) is 15.2. The number of piperidine rings is 1. The molecule has 7 heteroatoms. The number of benzene rings is 2. The smallest absolute Gasteiger partial charge is 0.273 e. The van der Waals surface area contributed by atoms with Crippen LogP contribution in [0.25, 0.3) is 0 Å². The molecule has 4 rings (SSSR count). The molecule has 0 atom stereocenters. The Balaban J connectivity index is 1.18. The standard InChI is InChI=1S/C24H28ClN5O/c25-22-9-5-4-8-21(22)17-30-18-23(27-28-30)24(31)26-16-20-11-14-29(15-12-20)13-10-19-6-2-1-3-7-19/h1-9,18,20H,10-17H2,(H,26,31). The van der Waals surface area contributed by atoms with Gasteiger partial charge >= 0.3 is 0 Å². The number of nitrogens with zero attached hydrogens (tertiary/aromatic N) is 4. The highest BCUT2D eigenvalue weighted by molar-refractivity contribution is 6.31. The van der Waals surface area contributed by atoms with Crippen molar-refractivity contribution in [1.29, 1.82) is 0 Å². The fourth-order valence-corrected chi connectivity index (χ4v) is 4.15. The highest BCUT2D eigenvalue weighted by Crippen LogP contribution is 2.18. The third-order valence-corrected chi connectivity index (χ3v) is 6.25. The first-order valence-corrected chi connectivity index (χ1v) is 11.2. The molecular weight excluding hydrogens is 410 g/mol. The van der Waals surface area contributed by atoms with Gasteiger partial charge in [-0.1, -0.05) is 65.3 Å². The van der Waals surface area contributed by atoms with E-state index in [1.165, 1.54) is 5.56 Å². The molecule has 1 amide bonds. The Bertz CT molecular complexity index is 982. The molecule has 0 radical (unpaired) electrons. The predicted octanol–water partition coefficient (Wildman–Crippen LogP) is 3.66. The first kappa shape index (κ1) is 21.5. The Morgan fingerprint density at radius 2 is 1.81 bits per heavy atom. The molecule has 0 bridgehead atoms. The molecule has 0 aliphatic carbocycles. The number of likely N-dealkylation sites (tertiary alicyclic amines) is 1. The lowest BCUT2D eigenvalue weighted by Crippen LogP contribution is -2.39. The van der Waals surface area contributed by atoms with Crippen molar-refractivity contribution in [3.8, 4) is 0 Å². The van der Waals surface area contributed by atoms with Crippen LogP contribution in [0.4, 0.5) is 0 Å². The van der Waals surface area contributed by atoms with Gasteiger partial charge in [-0.25, -0.2) is 4.68 Å². The van der Waals surface area contributed by atoms with Crippen LogP contribution in [-0.2, 0) is 13.0 Å². The van der Waals surface area contributed by atoms with Crippen LogP contribution in [-0.4, -0.2) is 52.0 Å². The highest BCUT2D eigenvalue weighted by Gasteiger charge is 2.20. The monoisotopic (exact) mass is 437 g/mol. The Kier molecular flexibility index (Phi) is 7.33. The third-order valence-electron chi connectivity index (χ3n) is 5.88. The molecule has 31 heavy (non-hydrogen) atoms. The summed E-state index contributed by atoms with van der Waals surface area (Å²) in [6.45, 7) is 4.44. The summed E-state index contributed by atoms with van der Waals surface area (Å²) in [4.78, 5) is 15.0. The molecule has 3 aromatic rings. The number of carbonyl (C=O) groups excluding carboxylic acids is 1.